The highest BCUT2D eigenvalue weighted by Gasteiger charge is 2.23. The van der Waals surface area contributed by atoms with Crippen LogP contribution in [-0.4, -0.2) is 16.6 Å². The highest BCUT2D eigenvalue weighted by atomic mass is 16.4. The molecule has 1 aliphatic heterocycles. The van der Waals surface area contributed by atoms with E-state index in [1.54, 1.807) is 6.20 Å². The molecule has 60 valence electrons. The van der Waals surface area contributed by atoms with Crippen LogP contribution in [-0.2, 0) is 4.79 Å². The third kappa shape index (κ3) is 2.11. The molecule has 0 aliphatic carbocycles. The molecule has 3 nitrogen and oxygen atoms in total. The van der Waals surface area contributed by atoms with Crippen LogP contribution in [0.15, 0.2) is 24.4 Å². The van der Waals surface area contributed by atoms with Gasteiger partial charge in [-0.3, -0.25) is 4.79 Å². The van der Waals surface area contributed by atoms with Crippen LogP contribution in [0.1, 0.15) is 13.3 Å². The van der Waals surface area contributed by atoms with E-state index < -0.39 is 11.5 Å². The van der Waals surface area contributed by atoms with Gasteiger partial charge in [0.2, 0.25) is 0 Å². The lowest BCUT2D eigenvalue weighted by Crippen LogP contribution is -2.40. The Bertz CT molecular complexity index is 220. The first-order valence-electron chi connectivity index (χ1n) is 3.46. The van der Waals surface area contributed by atoms with Gasteiger partial charge in [0.1, 0.15) is 0 Å². The maximum Gasteiger partial charge on any atom is 0.306 e. The summed E-state index contributed by atoms with van der Waals surface area (Å²) in [5.74, 6) is -0.792. The van der Waals surface area contributed by atoms with Crippen molar-refractivity contribution < 1.29 is 9.90 Å². The SMILES string of the molecule is CC1(CC(=O)O)C=CC=CN1. The number of carbonyl (C=O) groups is 1. The highest BCUT2D eigenvalue weighted by Crippen LogP contribution is 2.14. The number of carboxylic acid groups (broad SMARTS) is 1. The fourth-order valence-electron chi connectivity index (χ4n) is 1.03. The zero-order valence-corrected chi connectivity index (χ0v) is 6.37. The fourth-order valence-corrected chi connectivity index (χ4v) is 1.03. The van der Waals surface area contributed by atoms with Crippen LogP contribution in [0.2, 0.25) is 0 Å². The largest absolute Gasteiger partial charge is 0.481 e. The van der Waals surface area contributed by atoms with Crippen molar-refractivity contribution in [1.29, 1.82) is 0 Å². The van der Waals surface area contributed by atoms with E-state index in [1.165, 1.54) is 0 Å². The topological polar surface area (TPSA) is 49.3 Å². The van der Waals surface area contributed by atoms with Crippen molar-refractivity contribution in [2.45, 2.75) is 18.9 Å². The summed E-state index contributed by atoms with van der Waals surface area (Å²) in [6, 6.07) is 0. The van der Waals surface area contributed by atoms with Crippen molar-refractivity contribution in [2.24, 2.45) is 0 Å². The maximum atomic E-state index is 10.4. The standard InChI is InChI=1S/C8H11NO2/c1-8(6-7(10)11)4-2-3-5-9-8/h2-5,9H,6H2,1H3,(H,10,11). The molecule has 2 N–H and O–H groups in total. The Morgan fingerprint density at radius 2 is 2.36 bits per heavy atom. The van der Waals surface area contributed by atoms with E-state index in [4.69, 9.17) is 5.11 Å². The van der Waals surface area contributed by atoms with Crippen LogP contribution in [0.3, 0.4) is 0 Å². The van der Waals surface area contributed by atoms with Gasteiger partial charge in [0, 0.05) is 0 Å². The molecule has 0 spiro atoms. The molecule has 0 radical (unpaired) electrons. The lowest BCUT2D eigenvalue weighted by molar-refractivity contribution is -0.138. The molecule has 0 aromatic heterocycles. The molecule has 11 heavy (non-hydrogen) atoms. The summed E-state index contributed by atoms with van der Waals surface area (Å²) in [6.45, 7) is 1.85. The summed E-state index contributed by atoms with van der Waals surface area (Å²) < 4.78 is 0. The molecule has 0 fully saturated rings. The predicted molar refractivity (Wildman–Crippen MR) is 42.1 cm³/mol. The number of rotatable bonds is 2. The molecular weight excluding hydrogens is 142 g/mol. The lowest BCUT2D eigenvalue weighted by Gasteiger charge is -2.26. The van der Waals surface area contributed by atoms with E-state index >= 15 is 0 Å². The van der Waals surface area contributed by atoms with Crippen molar-refractivity contribution >= 4 is 5.97 Å². The van der Waals surface area contributed by atoms with E-state index in [2.05, 4.69) is 5.32 Å². The molecule has 0 aromatic rings. The predicted octanol–water partition coefficient (Wildman–Crippen LogP) is 0.893. The van der Waals surface area contributed by atoms with Gasteiger partial charge in [-0.05, 0) is 19.2 Å². The number of nitrogens with one attached hydrogen (secondary N) is 1. The number of aliphatic carboxylic acids is 1. The van der Waals surface area contributed by atoms with Gasteiger partial charge >= 0.3 is 5.97 Å². The molecule has 0 saturated heterocycles. The molecule has 3 heteroatoms. The van der Waals surface area contributed by atoms with Gasteiger partial charge in [0.25, 0.3) is 0 Å². The second kappa shape index (κ2) is 2.78. The van der Waals surface area contributed by atoms with Gasteiger partial charge in [-0.15, -0.1) is 0 Å². The molecule has 1 heterocycles. The van der Waals surface area contributed by atoms with E-state index in [-0.39, 0.29) is 6.42 Å². The number of carboxylic acids is 1. The zero-order chi connectivity index (χ0) is 8.32. The molecule has 0 saturated carbocycles. The van der Waals surface area contributed by atoms with Gasteiger partial charge in [0.05, 0.1) is 12.0 Å². The first-order valence-corrected chi connectivity index (χ1v) is 3.46. The Morgan fingerprint density at radius 1 is 1.64 bits per heavy atom. The Morgan fingerprint density at radius 3 is 2.82 bits per heavy atom. The van der Waals surface area contributed by atoms with Crippen molar-refractivity contribution in [2.75, 3.05) is 0 Å². The minimum Gasteiger partial charge on any atom is -0.481 e. The van der Waals surface area contributed by atoms with E-state index in [0.29, 0.717) is 0 Å². The highest BCUT2D eigenvalue weighted by molar-refractivity contribution is 5.69. The second-order valence-corrected chi connectivity index (χ2v) is 2.85. The molecule has 1 rings (SSSR count). The Labute approximate surface area is 65.4 Å². The molecule has 0 amide bonds. The molecule has 1 atom stereocenters. The van der Waals surface area contributed by atoms with Crippen LogP contribution < -0.4 is 5.32 Å². The lowest BCUT2D eigenvalue weighted by atomic mass is 9.96. The summed E-state index contributed by atoms with van der Waals surface area (Å²) >= 11 is 0. The number of hydrogen-bond acceptors (Lipinski definition) is 2. The van der Waals surface area contributed by atoms with E-state index in [1.807, 2.05) is 25.2 Å². The minimum absolute atomic E-state index is 0.105. The Kier molecular flexibility index (Phi) is 1.98. The average molecular weight is 153 g/mol. The van der Waals surface area contributed by atoms with Crippen LogP contribution in [0.5, 0.6) is 0 Å². The fraction of sp³-hybridized carbons (Fsp3) is 0.375. The van der Waals surface area contributed by atoms with Gasteiger partial charge in [-0.25, -0.2) is 0 Å². The minimum atomic E-state index is -0.792. The van der Waals surface area contributed by atoms with Crippen molar-refractivity contribution in [1.82, 2.24) is 5.32 Å². The summed E-state index contributed by atoms with van der Waals surface area (Å²) in [6.07, 6.45) is 7.39. The third-order valence-corrected chi connectivity index (χ3v) is 1.60. The summed E-state index contributed by atoms with van der Waals surface area (Å²) in [4.78, 5) is 10.4. The van der Waals surface area contributed by atoms with Crippen molar-refractivity contribution in [3.05, 3.63) is 24.4 Å². The van der Waals surface area contributed by atoms with Crippen molar-refractivity contribution in [3.63, 3.8) is 0 Å². The normalized spacial score (nSPS) is 28.1. The third-order valence-electron chi connectivity index (χ3n) is 1.60. The van der Waals surface area contributed by atoms with Crippen LogP contribution in [0, 0.1) is 0 Å². The summed E-state index contributed by atoms with van der Waals surface area (Å²) in [7, 11) is 0. The first kappa shape index (κ1) is 7.85. The summed E-state index contributed by atoms with van der Waals surface area (Å²) in [5.41, 5.74) is -0.416. The van der Waals surface area contributed by atoms with Crippen LogP contribution in [0.25, 0.3) is 0 Å². The smallest absolute Gasteiger partial charge is 0.306 e. The quantitative estimate of drug-likeness (QED) is 0.619. The zero-order valence-electron chi connectivity index (χ0n) is 6.37. The number of allylic oxidation sites excluding steroid dienone is 2. The Balaban J connectivity index is 2.61. The monoisotopic (exact) mass is 153 g/mol. The maximum absolute atomic E-state index is 10.4. The molecule has 1 aliphatic rings. The molecule has 1 unspecified atom stereocenters. The molecular formula is C8H11NO2. The first-order chi connectivity index (χ1) is 5.12. The summed E-state index contributed by atoms with van der Waals surface area (Å²) in [5, 5.41) is 11.5. The van der Waals surface area contributed by atoms with E-state index in [0.717, 1.165) is 0 Å². The van der Waals surface area contributed by atoms with Gasteiger partial charge in [-0.1, -0.05) is 12.2 Å². The molecule has 0 bridgehead atoms. The van der Waals surface area contributed by atoms with E-state index in [9.17, 15) is 4.79 Å². The van der Waals surface area contributed by atoms with Gasteiger partial charge in [-0.2, -0.15) is 0 Å². The molecule has 0 aromatic carbocycles. The van der Waals surface area contributed by atoms with Crippen molar-refractivity contribution in [3.8, 4) is 0 Å². The van der Waals surface area contributed by atoms with Gasteiger partial charge in [0.15, 0.2) is 0 Å². The average Bonchev–Trinajstić information content (AvgIpc) is 1.85. The number of hydrogen-bond donors (Lipinski definition) is 2. The van der Waals surface area contributed by atoms with Crippen LogP contribution >= 0.6 is 0 Å². The van der Waals surface area contributed by atoms with Crippen LogP contribution in [0.4, 0.5) is 0 Å². The Hall–Kier alpha value is -1.25. The second-order valence-electron chi connectivity index (χ2n) is 2.85. The van der Waals surface area contributed by atoms with Gasteiger partial charge < -0.3 is 10.4 Å². The number of dihydropyridines is 1.